The quantitative estimate of drug-likeness (QED) is 0.200. The Morgan fingerprint density at radius 2 is 0.857 bits per heavy atom. The van der Waals surface area contributed by atoms with Crippen LogP contribution in [0.15, 0.2) is 0 Å². The van der Waals surface area contributed by atoms with Gasteiger partial charge in [0.1, 0.15) is 0 Å². The molecule has 0 aromatic heterocycles. The van der Waals surface area contributed by atoms with E-state index < -0.39 is 0 Å². The van der Waals surface area contributed by atoms with Crippen LogP contribution in [-0.2, 0) is 0 Å². The molecule has 3 rings (SSSR count). The molecular weight excluding hydrogens is 512 g/mol. The highest BCUT2D eigenvalue weighted by Crippen LogP contribution is 2.45. The third kappa shape index (κ3) is 8.35. The van der Waals surface area contributed by atoms with E-state index in [2.05, 4.69) is 117 Å². The minimum absolute atomic E-state index is 0.163. The Morgan fingerprint density at radius 1 is 0.476 bits per heavy atom. The van der Waals surface area contributed by atoms with Crippen LogP contribution in [0.1, 0.15) is 187 Å². The van der Waals surface area contributed by atoms with Crippen LogP contribution < -0.4 is 0 Å². The zero-order valence-electron chi connectivity index (χ0n) is 31.3. The average molecular weight is 589 g/mol. The summed E-state index contributed by atoms with van der Waals surface area (Å²) in [6.07, 6.45) is 18.6. The van der Waals surface area contributed by atoms with Crippen LogP contribution in [0.5, 0.6) is 0 Å². The molecule has 0 aromatic rings. The van der Waals surface area contributed by atoms with Crippen LogP contribution in [0.3, 0.4) is 0 Å². The second kappa shape index (κ2) is 13.3. The maximum atomic E-state index is 3.03. The first kappa shape index (κ1) is 36.3. The minimum atomic E-state index is 0.163. The fraction of sp³-hybridized carbons (Fsp3) is 1.00. The van der Waals surface area contributed by atoms with E-state index in [0.29, 0.717) is 0 Å². The Hall–Kier alpha value is -0.160. The van der Waals surface area contributed by atoms with Crippen molar-refractivity contribution in [1.29, 1.82) is 0 Å². The van der Waals surface area contributed by atoms with Gasteiger partial charge < -0.3 is 0 Å². The van der Waals surface area contributed by atoms with Gasteiger partial charge in [0.15, 0.2) is 0 Å². The highest BCUT2D eigenvalue weighted by molar-refractivity contribution is 5.03. The lowest BCUT2D eigenvalue weighted by Crippen LogP contribution is -2.65. The van der Waals surface area contributed by atoms with Crippen molar-refractivity contribution in [3.05, 3.63) is 0 Å². The Morgan fingerprint density at radius 3 is 1.24 bits per heavy atom. The van der Waals surface area contributed by atoms with Crippen LogP contribution in [0.4, 0.5) is 0 Å². The van der Waals surface area contributed by atoms with Gasteiger partial charge in [0, 0.05) is 58.4 Å². The van der Waals surface area contributed by atoms with Gasteiger partial charge in [-0.2, -0.15) is 0 Å². The maximum absolute atomic E-state index is 3.03. The summed E-state index contributed by atoms with van der Waals surface area (Å²) in [5.74, 6) is 0. The minimum Gasteiger partial charge on any atom is -0.290 e. The molecule has 1 heterocycles. The molecule has 1 aliphatic heterocycles. The molecule has 2 aliphatic carbocycles. The largest absolute Gasteiger partial charge is 0.290 e. The van der Waals surface area contributed by atoms with E-state index in [0.717, 1.165) is 12.1 Å². The first-order valence-corrected chi connectivity index (χ1v) is 18.3. The molecule has 3 fully saturated rings. The first-order chi connectivity index (χ1) is 19.2. The summed E-state index contributed by atoms with van der Waals surface area (Å²) in [5.41, 5.74) is 1.14. The summed E-state index contributed by atoms with van der Waals surface area (Å²) in [6, 6.07) is 1.49. The second-order valence-electron chi connectivity index (χ2n) is 18.8. The molecule has 0 spiro atoms. The molecule has 0 atom stereocenters. The van der Waals surface area contributed by atoms with Crippen molar-refractivity contribution in [3.63, 3.8) is 0 Å². The molecule has 42 heavy (non-hydrogen) atoms. The van der Waals surface area contributed by atoms with Gasteiger partial charge in [-0.1, -0.05) is 26.2 Å². The Labute approximate surface area is 264 Å². The summed E-state index contributed by atoms with van der Waals surface area (Å²) >= 11 is 0. The fourth-order valence-electron chi connectivity index (χ4n) is 9.40. The van der Waals surface area contributed by atoms with Crippen molar-refractivity contribution >= 4 is 0 Å². The highest BCUT2D eigenvalue weighted by atomic mass is 15.7. The number of hydrogen-bond acceptors (Lipinski definition) is 4. The summed E-state index contributed by atoms with van der Waals surface area (Å²) in [6.45, 7) is 37.5. The molecule has 4 nitrogen and oxygen atoms in total. The number of hydrogen-bond donors (Lipinski definition) is 0. The highest BCUT2D eigenvalue weighted by Gasteiger charge is 2.48. The van der Waals surface area contributed by atoms with E-state index in [4.69, 9.17) is 0 Å². The maximum Gasteiger partial charge on any atom is 0.0301 e. The Bertz CT molecular complexity index is 838. The van der Waals surface area contributed by atoms with Gasteiger partial charge >= 0.3 is 0 Å². The third-order valence-electron chi connectivity index (χ3n) is 12.1. The summed E-state index contributed by atoms with van der Waals surface area (Å²) in [4.78, 5) is 6.00. The topological polar surface area (TPSA) is 13.0 Å². The van der Waals surface area contributed by atoms with Crippen LogP contribution in [0.25, 0.3) is 0 Å². The smallest absolute Gasteiger partial charge is 0.0301 e. The summed E-state index contributed by atoms with van der Waals surface area (Å²) in [5, 5.41) is 5.44. The van der Waals surface area contributed by atoms with E-state index in [9.17, 15) is 0 Å². The average Bonchev–Trinajstić information content (AvgIpc) is 3.37. The SMILES string of the molecule is CCC(C)(C)N(C1CCCC1)C(C)(C)CCC(C)(C)N(C1CCC1)C(C)(C)CCC(C)(C)N1CCCCN1C(C)(C)C. The summed E-state index contributed by atoms with van der Waals surface area (Å²) < 4.78 is 0. The van der Waals surface area contributed by atoms with E-state index in [1.165, 1.54) is 103 Å². The Kier molecular flexibility index (Phi) is 11.5. The predicted molar refractivity (Wildman–Crippen MR) is 185 cm³/mol. The molecule has 0 aromatic carbocycles. The molecule has 0 amide bonds. The van der Waals surface area contributed by atoms with Crippen molar-refractivity contribution in [2.45, 2.75) is 232 Å². The molecule has 0 bridgehead atoms. The van der Waals surface area contributed by atoms with Crippen molar-refractivity contribution in [2.75, 3.05) is 13.1 Å². The zero-order chi connectivity index (χ0) is 31.8. The van der Waals surface area contributed by atoms with Gasteiger partial charge in [-0.15, -0.1) is 0 Å². The van der Waals surface area contributed by atoms with Crippen LogP contribution in [-0.4, -0.2) is 78.2 Å². The van der Waals surface area contributed by atoms with Crippen molar-refractivity contribution in [3.8, 4) is 0 Å². The third-order valence-corrected chi connectivity index (χ3v) is 12.1. The number of rotatable bonds is 14. The van der Waals surface area contributed by atoms with Crippen LogP contribution in [0, 0.1) is 0 Å². The molecule has 0 unspecified atom stereocenters. The van der Waals surface area contributed by atoms with Crippen molar-refractivity contribution in [1.82, 2.24) is 19.8 Å². The standard InChI is InChI=1S/C38H76N4/c1-15-34(5,6)41(31-21-16-17-22-31)36(9,10)27-28-38(13,14)42(32-23-20-24-32)37(11,12)26-25-35(7,8)40-30-19-18-29-39(40)33(2,3)4/h31-32H,15-30H2,1-14H3. The second-order valence-corrected chi connectivity index (χ2v) is 18.8. The molecule has 1 saturated heterocycles. The predicted octanol–water partition coefficient (Wildman–Crippen LogP) is 10.1. The monoisotopic (exact) mass is 589 g/mol. The number of nitrogens with zero attached hydrogens (tertiary/aromatic N) is 4. The molecule has 248 valence electrons. The van der Waals surface area contributed by atoms with Crippen molar-refractivity contribution < 1.29 is 0 Å². The van der Waals surface area contributed by atoms with Gasteiger partial charge in [-0.3, -0.25) is 9.80 Å². The van der Waals surface area contributed by atoms with E-state index in [1.807, 2.05) is 0 Å². The number of hydrazine groups is 1. The first-order valence-electron chi connectivity index (χ1n) is 18.3. The normalized spacial score (nSPS) is 22.0. The lowest BCUT2D eigenvalue weighted by atomic mass is 9.76. The Balaban J connectivity index is 1.77. The van der Waals surface area contributed by atoms with Crippen LogP contribution >= 0.6 is 0 Å². The van der Waals surface area contributed by atoms with E-state index in [1.54, 1.807) is 0 Å². The fourth-order valence-corrected chi connectivity index (χ4v) is 9.40. The molecule has 4 heteroatoms. The van der Waals surface area contributed by atoms with Gasteiger partial charge in [0.05, 0.1) is 0 Å². The molecular formula is C38H76N4. The lowest BCUT2D eigenvalue weighted by molar-refractivity contribution is -0.169. The van der Waals surface area contributed by atoms with Gasteiger partial charge in [0.2, 0.25) is 0 Å². The van der Waals surface area contributed by atoms with Gasteiger partial charge in [-0.05, 0) is 161 Å². The molecule has 0 N–H and O–H groups in total. The molecule has 3 aliphatic rings. The summed E-state index contributed by atoms with van der Waals surface area (Å²) in [7, 11) is 0. The lowest BCUT2D eigenvalue weighted by Gasteiger charge is -2.58. The molecule has 0 radical (unpaired) electrons. The zero-order valence-corrected chi connectivity index (χ0v) is 31.3. The van der Waals surface area contributed by atoms with E-state index in [-0.39, 0.29) is 33.2 Å². The van der Waals surface area contributed by atoms with Gasteiger partial charge in [0.25, 0.3) is 0 Å². The van der Waals surface area contributed by atoms with E-state index >= 15 is 0 Å². The van der Waals surface area contributed by atoms with Crippen LogP contribution in [0.2, 0.25) is 0 Å². The van der Waals surface area contributed by atoms with Crippen molar-refractivity contribution in [2.24, 2.45) is 0 Å². The molecule has 2 saturated carbocycles. The van der Waals surface area contributed by atoms with Gasteiger partial charge in [-0.25, -0.2) is 10.0 Å².